The van der Waals surface area contributed by atoms with Gasteiger partial charge in [-0.05, 0) is 65.7 Å². The number of nitrogens with zero attached hydrogens (tertiary/aromatic N) is 5. The third-order valence-corrected chi connectivity index (χ3v) is 12.4. The second-order valence-electron chi connectivity index (χ2n) is 16.0. The van der Waals surface area contributed by atoms with E-state index >= 15 is 0 Å². The molecule has 13 aromatic rings. The molecule has 0 saturated carbocycles. The number of benzene rings is 9. The van der Waals surface area contributed by atoms with Crippen LogP contribution in [-0.4, -0.2) is 24.1 Å². The Hall–Kier alpha value is -8.61. The molecule has 9 aromatic carbocycles. The Morgan fingerprint density at radius 1 is 0.317 bits per heavy atom. The summed E-state index contributed by atoms with van der Waals surface area (Å²) in [5, 5.41) is 6.69. The fourth-order valence-corrected chi connectivity index (χ4v) is 9.55. The lowest BCUT2D eigenvalue weighted by Gasteiger charge is -2.15. The summed E-state index contributed by atoms with van der Waals surface area (Å²) in [4.78, 5) is 15.6. The Bertz CT molecular complexity index is 3900. The van der Waals surface area contributed by atoms with Crippen molar-refractivity contribution in [3.63, 3.8) is 0 Å². The molecule has 0 fully saturated rings. The zero-order valence-corrected chi connectivity index (χ0v) is 33.9. The molecule has 4 heterocycles. The van der Waals surface area contributed by atoms with Crippen LogP contribution in [0.25, 0.3) is 122 Å². The fraction of sp³-hybridized carbons (Fsp3) is 0. The summed E-state index contributed by atoms with van der Waals surface area (Å²) >= 11 is 0. The van der Waals surface area contributed by atoms with Gasteiger partial charge in [-0.3, -0.25) is 0 Å². The summed E-state index contributed by atoms with van der Waals surface area (Å²) in [5.74, 6) is 1.79. The maximum absolute atomic E-state index is 7.33. The van der Waals surface area contributed by atoms with E-state index in [0.29, 0.717) is 17.5 Å². The highest BCUT2D eigenvalue weighted by molar-refractivity contribution is 6.26. The molecule has 0 aliphatic rings. The second-order valence-corrected chi connectivity index (χ2v) is 16.0. The highest BCUT2D eigenvalue weighted by atomic mass is 16.3. The van der Waals surface area contributed by atoms with E-state index in [9.17, 15) is 0 Å². The van der Waals surface area contributed by atoms with Crippen molar-refractivity contribution in [3.05, 3.63) is 212 Å². The molecular weight excluding hydrogens is 771 g/mol. The first-order chi connectivity index (χ1) is 31.3. The van der Waals surface area contributed by atoms with E-state index in [-0.39, 0.29) is 0 Å². The van der Waals surface area contributed by atoms with Gasteiger partial charge in [0.2, 0.25) is 0 Å². The van der Waals surface area contributed by atoms with Gasteiger partial charge in [-0.2, -0.15) is 0 Å². The van der Waals surface area contributed by atoms with Crippen molar-refractivity contribution in [2.45, 2.75) is 0 Å². The first-order valence-electron chi connectivity index (χ1n) is 21.2. The third-order valence-electron chi connectivity index (χ3n) is 12.4. The third kappa shape index (κ3) is 5.48. The number of fused-ring (bicyclic) bond motifs is 11. The van der Waals surface area contributed by atoms with Crippen LogP contribution < -0.4 is 0 Å². The Balaban J connectivity index is 1.09. The summed E-state index contributed by atoms with van der Waals surface area (Å²) in [5.41, 5.74) is 12.9. The van der Waals surface area contributed by atoms with Gasteiger partial charge < -0.3 is 13.6 Å². The van der Waals surface area contributed by atoms with Crippen molar-refractivity contribution in [1.29, 1.82) is 0 Å². The van der Waals surface area contributed by atoms with Crippen LogP contribution in [0.15, 0.2) is 217 Å². The Morgan fingerprint density at radius 2 is 0.794 bits per heavy atom. The molecule has 0 unspecified atom stereocenters. The topological polar surface area (TPSA) is 61.7 Å². The second kappa shape index (κ2) is 14.0. The zero-order chi connectivity index (χ0) is 41.4. The average molecular weight is 806 g/mol. The molecule has 294 valence electrons. The number of rotatable bonds is 6. The number of hydrogen-bond donors (Lipinski definition) is 0. The number of hydrogen-bond acceptors (Lipinski definition) is 4. The molecule has 0 aliphatic carbocycles. The van der Waals surface area contributed by atoms with Crippen molar-refractivity contribution in [2.75, 3.05) is 0 Å². The van der Waals surface area contributed by atoms with Crippen molar-refractivity contribution in [3.8, 4) is 56.7 Å². The average Bonchev–Trinajstić information content (AvgIpc) is 4.03. The van der Waals surface area contributed by atoms with Gasteiger partial charge in [-0.25, -0.2) is 15.0 Å². The maximum Gasteiger partial charge on any atom is 0.166 e. The largest absolute Gasteiger partial charge is 0.452 e. The van der Waals surface area contributed by atoms with Crippen LogP contribution in [0.5, 0.6) is 0 Å². The summed E-state index contributed by atoms with van der Waals surface area (Å²) in [7, 11) is 0. The molecule has 6 nitrogen and oxygen atoms in total. The summed E-state index contributed by atoms with van der Waals surface area (Å²) in [6.45, 7) is 0. The lowest BCUT2D eigenvalue weighted by atomic mass is 10.0. The summed E-state index contributed by atoms with van der Waals surface area (Å²) in [6, 6.07) is 74.2. The van der Waals surface area contributed by atoms with E-state index in [0.717, 1.165) is 99.4 Å². The van der Waals surface area contributed by atoms with Crippen molar-refractivity contribution in [2.24, 2.45) is 0 Å². The molecule has 4 aromatic heterocycles. The zero-order valence-electron chi connectivity index (χ0n) is 33.9. The van der Waals surface area contributed by atoms with E-state index < -0.39 is 0 Å². The molecule has 0 atom stereocenters. The lowest BCUT2D eigenvalue weighted by molar-refractivity contribution is 0.673. The Labute approximate surface area is 361 Å². The van der Waals surface area contributed by atoms with Crippen LogP contribution in [0.1, 0.15) is 0 Å². The van der Waals surface area contributed by atoms with Gasteiger partial charge in [0.05, 0.1) is 27.8 Å². The normalized spacial score (nSPS) is 11.8. The SMILES string of the molecule is c1ccc(-c2cccc(-c3nc(-c4ccccc4)nc(-c4ccccc4-n4c5ccccc5c5ccc6c7ccc8c9ccccc9n(-c9ccccc9)c8c7oc6c54)n3)c2)cc1. The molecule has 0 amide bonds. The van der Waals surface area contributed by atoms with Crippen LogP contribution >= 0.6 is 0 Å². The smallest absolute Gasteiger partial charge is 0.166 e. The molecule has 0 aliphatic heterocycles. The van der Waals surface area contributed by atoms with Gasteiger partial charge in [0.25, 0.3) is 0 Å². The highest BCUT2D eigenvalue weighted by Crippen LogP contribution is 2.45. The van der Waals surface area contributed by atoms with Crippen molar-refractivity contribution < 1.29 is 4.42 Å². The molecular formula is C57H35N5O. The fourth-order valence-electron chi connectivity index (χ4n) is 9.55. The number of furan rings is 1. The van der Waals surface area contributed by atoms with Crippen molar-refractivity contribution in [1.82, 2.24) is 24.1 Å². The van der Waals surface area contributed by atoms with Crippen LogP contribution in [-0.2, 0) is 0 Å². The molecule has 0 radical (unpaired) electrons. The molecule has 0 N–H and O–H groups in total. The van der Waals surface area contributed by atoms with E-state index in [4.69, 9.17) is 19.4 Å². The van der Waals surface area contributed by atoms with E-state index in [2.05, 4.69) is 197 Å². The van der Waals surface area contributed by atoms with E-state index in [1.54, 1.807) is 0 Å². The number of para-hydroxylation sites is 4. The number of aromatic nitrogens is 5. The molecule has 13 rings (SSSR count). The van der Waals surface area contributed by atoms with Gasteiger partial charge >= 0.3 is 0 Å². The molecule has 0 spiro atoms. The first-order valence-corrected chi connectivity index (χ1v) is 21.2. The Morgan fingerprint density at radius 3 is 1.48 bits per heavy atom. The van der Waals surface area contributed by atoms with Crippen LogP contribution in [0.4, 0.5) is 0 Å². The summed E-state index contributed by atoms with van der Waals surface area (Å²) < 4.78 is 12.0. The van der Waals surface area contributed by atoms with Gasteiger partial charge in [0, 0.05) is 54.7 Å². The first kappa shape index (κ1) is 35.2. The minimum Gasteiger partial charge on any atom is -0.452 e. The maximum atomic E-state index is 7.33. The lowest BCUT2D eigenvalue weighted by Crippen LogP contribution is -2.03. The standard InChI is InChI=1S/C57H35N5O/c1-4-17-36(18-5-1)38-21-16-22-39(35-38)56-58-55(37-19-6-2-7-20-37)59-57(60-56)47-27-12-15-30-50(47)62-49-29-14-11-26-42(49)44-32-34-46-45-33-31-43-41-25-10-13-28-48(41)61(40-23-8-3-9-24-40)51(43)53(45)63-54(46)52(44)62/h1-35H. The molecule has 0 bridgehead atoms. The molecule has 0 saturated heterocycles. The van der Waals surface area contributed by atoms with Crippen LogP contribution in [0, 0.1) is 0 Å². The van der Waals surface area contributed by atoms with E-state index in [1.807, 2.05) is 24.3 Å². The minimum atomic E-state index is 0.580. The van der Waals surface area contributed by atoms with Gasteiger partial charge in [0.15, 0.2) is 28.6 Å². The predicted molar refractivity (Wildman–Crippen MR) is 258 cm³/mol. The van der Waals surface area contributed by atoms with Gasteiger partial charge in [-0.1, -0.05) is 158 Å². The quantitative estimate of drug-likeness (QED) is 0.168. The van der Waals surface area contributed by atoms with Crippen LogP contribution in [0.2, 0.25) is 0 Å². The van der Waals surface area contributed by atoms with Crippen molar-refractivity contribution >= 4 is 65.6 Å². The van der Waals surface area contributed by atoms with Crippen LogP contribution in [0.3, 0.4) is 0 Å². The molecule has 63 heavy (non-hydrogen) atoms. The molecule has 6 heteroatoms. The minimum absolute atomic E-state index is 0.580. The Kier molecular flexibility index (Phi) is 7.80. The monoisotopic (exact) mass is 805 g/mol. The highest BCUT2D eigenvalue weighted by Gasteiger charge is 2.25. The predicted octanol–water partition coefficient (Wildman–Crippen LogP) is 14.6. The van der Waals surface area contributed by atoms with Gasteiger partial charge in [-0.15, -0.1) is 0 Å². The van der Waals surface area contributed by atoms with E-state index in [1.165, 1.54) is 5.39 Å². The van der Waals surface area contributed by atoms with Gasteiger partial charge in [0.1, 0.15) is 0 Å². The summed E-state index contributed by atoms with van der Waals surface area (Å²) in [6.07, 6.45) is 0.